The first kappa shape index (κ1) is 13.0. The highest BCUT2D eigenvalue weighted by Crippen LogP contribution is 2.23. The van der Waals surface area contributed by atoms with Crippen LogP contribution in [0.4, 0.5) is 0 Å². The van der Waals surface area contributed by atoms with Crippen molar-refractivity contribution >= 4 is 5.97 Å². The van der Waals surface area contributed by atoms with Crippen LogP contribution in [0.2, 0.25) is 0 Å². The van der Waals surface area contributed by atoms with E-state index in [1.165, 1.54) is 12.1 Å². The molecule has 1 aromatic carbocycles. The molecule has 19 heavy (non-hydrogen) atoms. The van der Waals surface area contributed by atoms with E-state index in [2.05, 4.69) is 0 Å². The smallest absolute Gasteiger partial charge is 0.317 e. The maximum Gasteiger partial charge on any atom is 0.317 e. The Morgan fingerprint density at radius 2 is 2.16 bits per heavy atom. The summed E-state index contributed by atoms with van der Waals surface area (Å²) >= 11 is 0. The van der Waals surface area contributed by atoms with Crippen LogP contribution in [-0.2, 0) is 4.79 Å². The lowest BCUT2D eigenvalue weighted by Crippen LogP contribution is -2.19. The zero-order valence-corrected chi connectivity index (χ0v) is 10.4. The summed E-state index contributed by atoms with van der Waals surface area (Å²) in [5.41, 5.74) is 0. The van der Waals surface area contributed by atoms with E-state index < -0.39 is 11.9 Å². The van der Waals surface area contributed by atoms with Crippen LogP contribution in [-0.4, -0.2) is 22.8 Å². The highest BCUT2D eigenvalue weighted by Gasteiger charge is 2.24. The standard InChI is InChI=1S/C14H14O5/c1-9-5-6-13(19-9)12(14(16)17)8-18-11-4-2-3-10(15)7-11/h2-7,12,15H,8H2,1H3,(H,16,17). The zero-order valence-electron chi connectivity index (χ0n) is 10.4. The average Bonchev–Trinajstić information content (AvgIpc) is 2.76. The van der Waals surface area contributed by atoms with E-state index in [1.807, 2.05) is 0 Å². The number of hydrogen-bond donors (Lipinski definition) is 2. The van der Waals surface area contributed by atoms with Crippen LogP contribution in [0.25, 0.3) is 0 Å². The lowest BCUT2D eigenvalue weighted by atomic mass is 10.1. The number of aryl methyl sites for hydroxylation is 1. The van der Waals surface area contributed by atoms with Gasteiger partial charge in [-0.15, -0.1) is 0 Å². The van der Waals surface area contributed by atoms with Gasteiger partial charge in [0.25, 0.3) is 0 Å². The molecule has 2 aromatic rings. The Kier molecular flexibility index (Phi) is 3.75. The molecular weight excluding hydrogens is 248 g/mol. The van der Waals surface area contributed by atoms with Crippen molar-refractivity contribution in [2.75, 3.05) is 6.61 Å². The monoisotopic (exact) mass is 262 g/mol. The number of hydrogen-bond acceptors (Lipinski definition) is 4. The molecule has 0 aliphatic rings. The van der Waals surface area contributed by atoms with Crippen LogP contribution >= 0.6 is 0 Å². The zero-order chi connectivity index (χ0) is 13.8. The fourth-order valence-electron chi connectivity index (χ4n) is 1.67. The van der Waals surface area contributed by atoms with E-state index in [0.29, 0.717) is 17.3 Å². The van der Waals surface area contributed by atoms with Crippen molar-refractivity contribution in [1.82, 2.24) is 0 Å². The second-order valence-electron chi connectivity index (χ2n) is 4.15. The number of aromatic hydroxyl groups is 1. The third kappa shape index (κ3) is 3.28. The summed E-state index contributed by atoms with van der Waals surface area (Å²) in [6, 6.07) is 9.53. The number of benzene rings is 1. The van der Waals surface area contributed by atoms with Gasteiger partial charge in [0.2, 0.25) is 0 Å². The Morgan fingerprint density at radius 1 is 1.37 bits per heavy atom. The highest BCUT2D eigenvalue weighted by atomic mass is 16.5. The van der Waals surface area contributed by atoms with Crippen molar-refractivity contribution < 1.29 is 24.2 Å². The van der Waals surface area contributed by atoms with Gasteiger partial charge >= 0.3 is 5.97 Å². The summed E-state index contributed by atoms with van der Waals surface area (Å²) in [5.74, 6) is -0.415. The number of carboxylic acid groups (broad SMARTS) is 1. The van der Waals surface area contributed by atoms with Gasteiger partial charge in [0.05, 0.1) is 0 Å². The number of carbonyl (C=O) groups is 1. The van der Waals surface area contributed by atoms with Crippen molar-refractivity contribution in [1.29, 1.82) is 0 Å². The van der Waals surface area contributed by atoms with Crippen molar-refractivity contribution in [2.45, 2.75) is 12.8 Å². The Bertz CT molecular complexity index is 573. The average molecular weight is 262 g/mol. The molecule has 5 nitrogen and oxygen atoms in total. The second kappa shape index (κ2) is 5.48. The maximum absolute atomic E-state index is 11.2. The summed E-state index contributed by atoms with van der Waals surface area (Å²) in [4.78, 5) is 11.2. The van der Waals surface area contributed by atoms with Gasteiger partial charge in [-0.2, -0.15) is 0 Å². The van der Waals surface area contributed by atoms with Crippen LogP contribution in [0.1, 0.15) is 17.4 Å². The van der Waals surface area contributed by atoms with Crippen LogP contribution in [0.15, 0.2) is 40.8 Å². The van der Waals surface area contributed by atoms with E-state index in [-0.39, 0.29) is 12.4 Å². The molecule has 2 rings (SSSR count). The molecule has 0 aliphatic heterocycles. The van der Waals surface area contributed by atoms with Crippen molar-refractivity contribution in [3.63, 3.8) is 0 Å². The predicted octanol–water partition coefficient (Wildman–Crippen LogP) is 2.54. The molecule has 0 amide bonds. The number of rotatable bonds is 5. The van der Waals surface area contributed by atoms with Crippen LogP contribution < -0.4 is 4.74 Å². The SMILES string of the molecule is Cc1ccc(C(COc2cccc(O)c2)C(=O)O)o1. The van der Waals surface area contributed by atoms with Gasteiger partial charge in [-0.1, -0.05) is 6.07 Å². The Hall–Kier alpha value is -2.43. The Labute approximate surface area is 110 Å². The van der Waals surface area contributed by atoms with Crippen molar-refractivity contribution in [2.24, 2.45) is 0 Å². The van der Waals surface area contributed by atoms with E-state index >= 15 is 0 Å². The van der Waals surface area contributed by atoms with Crippen molar-refractivity contribution in [3.05, 3.63) is 47.9 Å². The quantitative estimate of drug-likeness (QED) is 0.865. The maximum atomic E-state index is 11.2. The Balaban J connectivity index is 2.08. The predicted molar refractivity (Wildman–Crippen MR) is 67.4 cm³/mol. The van der Waals surface area contributed by atoms with E-state index in [9.17, 15) is 15.0 Å². The van der Waals surface area contributed by atoms with Crippen LogP contribution in [0, 0.1) is 6.92 Å². The number of carboxylic acids is 1. The summed E-state index contributed by atoms with van der Waals surface area (Å²) < 4.78 is 10.7. The highest BCUT2D eigenvalue weighted by molar-refractivity contribution is 5.75. The van der Waals surface area contributed by atoms with E-state index in [4.69, 9.17) is 9.15 Å². The molecule has 0 saturated carbocycles. The summed E-state index contributed by atoms with van der Waals surface area (Å²) in [5, 5.41) is 18.5. The molecular formula is C14H14O5. The van der Waals surface area contributed by atoms with Gasteiger partial charge in [0.15, 0.2) is 0 Å². The van der Waals surface area contributed by atoms with Gasteiger partial charge in [-0.3, -0.25) is 4.79 Å². The molecule has 0 saturated heterocycles. The number of aliphatic carboxylic acids is 1. The third-order valence-electron chi connectivity index (χ3n) is 2.64. The summed E-state index contributed by atoms with van der Waals surface area (Å²) in [7, 11) is 0. The summed E-state index contributed by atoms with van der Waals surface area (Å²) in [6.07, 6.45) is 0. The summed E-state index contributed by atoms with van der Waals surface area (Å²) in [6.45, 7) is 1.68. The van der Waals surface area contributed by atoms with Crippen molar-refractivity contribution in [3.8, 4) is 11.5 Å². The molecule has 1 aromatic heterocycles. The molecule has 0 radical (unpaired) electrons. The van der Waals surface area contributed by atoms with Crippen LogP contribution in [0.5, 0.6) is 11.5 Å². The first-order valence-electron chi connectivity index (χ1n) is 5.77. The second-order valence-corrected chi connectivity index (χ2v) is 4.15. The number of furan rings is 1. The van der Waals surface area contributed by atoms with Crippen LogP contribution in [0.3, 0.4) is 0 Å². The Morgan fingerprint density at radius 3 is 2.74 bits per heavy atom. The fourth-order valence-corrected chi connectivity index (χ4v) is 1.67. The lowest BCUT2D eigenvalue weighted by molar-refractivity contribution is -0.140. The number of phenols is 1. The number of phenolic OH excluding ortho intramolecular Hbond substituents is 1. The molecule has 0 fully saturated rings. The van der Waals surface area contributed by atoms with E-state index in [1.54, 1.807) is 31.2 Å². The minimum Gasteiger partial charge on any atom is -0.508 e. The van der Waals surface area contributed by atoms with Gasteiger partial charge in [0.1, 0.15) is 35.5 Å². The largest absolute Gasteiger partial charge is 0.508 e. The molecule has 1 atom stereocenters. The van der Waals surface area contributed by atoms with Gasteiger partial charge in [-0.05, 0) is 31.2 Å². The molecule has 0 spiro atoms. The molecule has 0 bridgehead atoms. The number of ether oxygens (including phenoxy) is 1. The first-order valence-corrected chi connectivity index (χ1v) is 5.77. The lowest BCUT2D eigenvalue weighted by Gasteiger charge is -2.11. The van der Waals surface area contributed by atoms with E-state index in [0.717, 1.165) is 0 Å². The normalized spacial score (nSPS) is 12.1. The molecule has 0 aliphatic carbocycles. The molecule has 5 heteroatoms. The van der Waals surface area contributed by atoms with Gasteiger partial charge in [-0.25, -0.2) is 0 Å². The third-order valence-corrected chi connectivity index (χ3v) is 2.64. The minimum absolute atomic E-state index is 0.0637. The van der Waals surface area contributed by atoms with Gasteiger partial charge in [0, 0.05) is 6.07 Å². The van der Waals surface area contributed by atoms with Gasteiger partial charge < -0.3 is 19.4 Å². The minimum atomic E-state index is -1.02. The molecule has 2 N–H and O–H groups in total. The molecule has 1 heterocycles. The first-order chi connectivity index (χ1) is 9.06. The fraction of sp³-hybridized carbons (Fsp3) is 0.214. The molecule has 1 unspecified atom stereocenters. The molecule has 100 valence electrons. The topological polar surface area (TPSA) is 79.9 Å².